The molecule has 0 saturated carbocycles. The molecule has 5 rings (SSSR count). The van der Waals surface area contributed by atoms with E-state index in [0.717, 1.165) is 10.5 Å². The van der Waals surface area contributed by atoms with Crippen LogP contribution in [0, 0.1) is 12.8 Å². The fourth-order valence-corrected chi connectivity index (χ4v) is 4.33. The standard InChI is InChI=1S/C26H19ClN2O5/c1-15-6-7-18(13-22(15)27)28-14-16(12-23(28)30)26(33)34-19-10-8-17(9-11-19)29-24(31)20-4-2-3-5-21(20)25(29)32/h2-11,13,16H,12,14H2,1H3/t16-/m1/s1. The van der Waals surface area contributed by atoms with Gasteiger partial charge in [0.05, 0.1) is 22.7 Å². The molecule has 3 aromatic carbocycles. The van der Waals surface area contributed by atoms with Gasteiger partial charge in [-0.1, -0.05) is 29.8 Å². The summed E-state index contributed by atoms with van der Waals surface area (Å²) in [5.74, 6) is -1.86. The number of benzene rings is 3. The number of nitrogens with zero attached hydrogens (tertiary/aromatic N) is 2. The maximum atomic E-state index is 12.7. The number of rotatable bonds is 4. The number of amides is 3. The predicted molar refractivity (Wildman–Crippen MR) is 126 cm³/mol. The molecule has 3 amide bonds. The van der Waals surface area contributed by atoms with E-state index in [1.165, 1.54) is 17.0 Å². The van der Waals surface area contributed by atoms with Crippen molar-refractivity contribution in [2.24, 2.45) is 5.92 Å². The highest BCUT2D eigenvalue weighted by atomic mass is 35.5. The van der Waals surface area contributed by atoms with Crippen LogP contribution >= 0.6 is 11.6 Å². The highest BCUT2D eigenvalue weighted by molar-refractivity contribution is 6.34. The number of ether oxygens (including phenoxy) is 1. The molecule has 7 nitrogen and oxygen atoms in total. The van der Waals surface area contributed by atoms with E-state index in [-0.39, 0.29) is 24.6 Å². The van der Waals surface area contributed by atoms with Crippen molar-refractivity contribution in [1.29, 1.82) is 0 Å². The largest absolute Gasteiger partial charge is 0.426 e. The second-order valence-electron chi connectivity index (χ2n) is 8.25. The Morgan fingerprint density at radius 3 is 2.15 bits per heavy atom. The van der Waals surface area contributed by atoms with Crippen LogP contribution in [0.2, 0.25) is 5.02 Å². The molecule has 0 N–H and O–H groups in total. The SMILES string of the molecule is Cc1ccc(N2C[C@H](C(=O)Oc3ccc(N4C(=O)c5ccccc5C4=O)cc3)CC2=O)cc1Cl. The van der Waals surface area contributed by atoms with Gasteiger partial charge in [-0.2, -0.15) is 0 Å². The maximum absolute atomic E-state index is 12.7. The van der Waals surface area contributed by atoms with E-state index in [0.29, 0.717) is 27.5 Å². The molecule has 0 unspecified atom stereocenters. The summed E-state index contributed by atoms with van der Waals surface area (Å²) in [6.07, 6.45) is 0.0391. The molecule has 0 aromatic heterocycles. The number of hydrogen-bond acceptors (Lipinski definition) is 5. The monoisotopic (exact) mass is 474 g/mol. The number of hydrogen-bond donors (Lipinski definition) is 0. The normalized spacial score (nSPS) is 17.4. The lowest BCUT2D eigenvalue weighted by molar-refractivity contribution is -0.139. The first kappa shape index (κ1) is 21.9. The first-order chi connectivity index (χ1) is 16.3. The average Bonchev–Trinajstić information content (AvgIpc) is 3.34. The Balaban J connectivity index is 1.26. The summed E-state index contributed by atoms with van der Waals surface area (Å²) in [5.41, 5.74) is 2.63. The second kappa shape index (κ2) is 8.43. The fourth-order valence-electron chi connectivity index (χ4n) is 4.15. The fraction of sp³-hybridized carbons (Fsp3) is 0.154. The lowest BCUT2D eigenvalue weighted by Crippen LogP contribution is -2.29. The lowest BCUT2D eigenvalue weighted by Gasteiger charge is -2.17. The van der Waals surface area contributed by atoms with Gasteiger partial charge in [0.2, 0.25) is 5.91 Å². The zero-order valence-corrected chi connectivity index (χ0v) is 18.9. The van der Waals surface area contributed by atoms with Crippen molar-refractivity contribution in [2.45, 2.75) is 13.3 Å². The number of carbonyl (C=O) groups is 4. The number of anilines is 2. The molecule has 1 atom stereocenters. The van der Waals surface area contributed by atoms with Crippen LogP contribution in [0.4, 0.5) is 11.4 Å². The van der Waals surface area contributed by atoms with Crippen molar-refractivity contribution in [3.05, 3.63) is 88.4 Å². The molecule has 1 fully saturated rings. The molecule has 0 radical (unpaired) electrons. The third-order valence-corrected chi connectivity index (χ3v) is 6.44. The summed E-state index contributed by atoms with van der Waals surface area (Å²) < 4.78 is 5.47. The Labute approximate surface area is 200 Å². The smallest absolute Gasteiger partial charge is 0.316 e. The van der Waals surface area contributed by atoms with Crippen molar-refractivity contribution in [2.75, 3.05) is 16.3 Å². The van der Waals surface area contributed by atoms with E-state index in [2.05, 4.69) is 0 Å². The van der Waals surface area contributed by atoms with Crippen LogP contribution in [0.15, 0.2) is 66.7 Å². The zero-order valence-electron chi connectivity index (χ0n) is 18.2. The van der Waals surface area contributed by atoms with Gasteiger partial charge in [-0.05, 0) is 61.0 Å². The number of carbonyl (C=O) groups excluding carboxylic acids is 4. The molecule has 3 aromatic rings. The molecule has 0 spiro atoms. The van der Waals surface area contributed by atoms with Crippen LogP contribution in [0.3, 0.4) is 0 Å². The molecule has 2 aliphatic rings. The van der Waals surface area contributed by atoms with Gasteiger partial charge in [0.15, 0.2) is 0 Å². The Hall–Kier alpha value is -3.97. The van der Waals surface area contributed by atoms with Crippen LogP contribution in [0.25, 0.3) is 0 Å². The molecule has 8 heteroatoms. The summed E-state index contributed by atoms with van der Waals surface area (Å²) in [7, 11) is 0. The number of fused-ring (bicyclic) bond motifs is 1. The first-order valence-corrected chi connectivity index (χ1v) is 11.1. The van der Waals surface area contributed by atoms with Crippen molar-refractivity contribution >= 4 is 46.7 Å². The highest BCUT2D eigenvalue weighted by Gasteiger charge is 2.38. The van der Waals surface area contributed by atoms with Gasteiger partial charge in [-0.15, -0.1) is 0 Å². The second-order valence-corrected chi connectivity index (χ2v) is 8.65. The van der Waals surface area contributed by atoms with E-state index in [1.54, 1.807) is 48.5 Å². The van der Waals surface area contributed by atoms with Gasteiger partial charge >= 0.3 is 5.97 Å². The van der Waals surface area contributed by atoms with Crippen molar-refractivity contribution in [3.8, 4) is 5.75 Å². The zero-order chi connectivity index (χ0) is 24.0. The minimum absolute atomic E-state index is 0.0391. The van der Waals surface area contributed by atoms with E-state index in [1.807, 2.05) is 13.0 Å². The van der Waals surface area contributed by atoms with E-state index >= 15 is 0 Å². The van der Waals surface area contributed by atoms with Gasteiger partial charge in [0.25, 0.3) is 11.8 Å². The van der Waals surface area contributed by atoms with Gasteiger partial charge in [0.1, 0.15) is 5.75 Å². The third kappa shape index (κ3) is 3.74. The minimum atomic E-state index is -0.622. The predicted octanol–water partition coefficient (Wildman–Crippen LogP) is 4.41. The average molecular weight is 475 g/mol. The molecule has 170 valence electrons. The van der Waals surface area contributed by atoms with Crippen LogP contribution < -0.4 is 14.5 Å². The highest BCUT2D eigenvalue weighted by Crippen LogP contribution is 2.31. The minimum Gasteiger partial charge on any atom is -0.426 e. The van der Waals surface area contributed by atoms with Gasteiger partial charge in [-0.3, -0.25) is 19.2 Å². The van der Waals surface area contributed by atoms with Crippen LogP contribution in [-0.4, -0.2) is 30.2 Å². The van der Waals surface area contributed by atoms with E-state index < -0.39 is 23.7 Å². The molecule has 1 saturated heterocycles. The summed E-state index contributed by atoms with van der Waals surface area (Å²) in [4.78, 5) is 53.1. The molecular formula is C26H19ClN2O5. The summed E-state index contributed by atoms with van der Waals surface area (Å²) in [6, 6.07) is 18.1. The van der Waals surface area contributed by atoms with Crippen LogP contribution in [0.1, 0.15) is 32.7 Å². The first-order valence-electron chi connectivity index (χ1n) is 10.7. The van der Waals surface area contributed by atoms with Gasteiger partial charge in [-0.25, -0.2) is 4.90 Å². The molecule has 0 aliphatic carbocycles. The summed E-state index contributed by atoms with van der Waals surface area (Å²) in [5, 5.41) is 0.550. The lowest BCUT2D eigenvalue weighted by atomic mass is 10.1. The van der Waals surface area contributed by atoms with E-state index in [4.69, 9.17) is 16.3 Å². The van der Waals surface area contributed by atoms with Crippen molar-refractivity contribution in [1.82, 2.24) is 0 Å². The molecule has 34 heavy (non-hydrogen) atoms. The van der Waals surface area contributed by atoms with Crippen molar-refractivity contribution in [3.63, 3.8) is 0 Å². The van der Waals surface area contributed by atoms with E-state index in [9.17, 15) is 19.2 Å². The maximum Gasteiger partial charge on any atom is 0.316 e. The molecule has 2 aliphatic heterocycles. The number of aryl methyl sites for hydroxylation is 1. The van der Waals surface area contributed by atoms with Gasteiger partial charge in [0, 0.05) is 23.7 Å². The number of esters is 1. The number of halogens is 1. The molecule has 2 heterocycles. The Bertz CT molecular complexity index is 1320. The quantitative estimate of drug-likeness (QED) is 0.318. The molecule has 0 bridgehead atoms. The summed E-state index contributed by atoms with van der Waals surface area (Å²) in [6.45, 7) is 2.07. The number of imide groups is 1. The van der Waals surface area contributed by atoms with Crippen LogP contribution in [-0.2, 0) is 9.59 Å². The summed E-state index contributed by atoms with van der Waals surface area (Å²) >= 11 is 6.18. The molecular weight excluding hydrogens is 456 g/mol. The van der Waals surface area contributed by atoms with Crippen molar-refractivity contribution < 1.29 is 23.9 Å². The van der Waals surface area contributed by atoms with Crippen LogP contribution in [0.5, 0.6) is 5.75 Å². The Kier molecular flexibility index (Phi) is 5.42. The third-order valence-electron chi connectivity index (χ3n) is 6.03. The van der Waals surface area contributed by atoms with Gasteiger partial charge < -0.3 is 9.64 Å². The Morgan fingerprint density at radius 1 is 0.912 bits per heavy atom. The topological polar surface area (TPSA) is 84.0 Å². The Morgan fingerprint density at radius 2 is 1.53 bits per heavy atom.